The van der Waals surface area contributed by atoms with Gasteiger partial charge >= 0.3 is 0 Å². The van der Waals surface area contributed by atoms with E-state index in [0.29, 0.717) is 0 Å². The lowest BCUT2D eigenvalue weighted by Gasteiger charge is -2.33. The van der Waals surface area contributed by atoms with Crippen LogP contribution < -0.4 is 9.62 Å². The van der Waals surface area contributed by atoms with Gasteiger partial charge in [0.05, 0.1) is 17.0 Å². The van der Waals surface area contributed by atoms with Crippen molar-refractivity contribution in [3.05, 3.63) is 62.5 Å². The molecule has 0 heterocycles. The highest BCUT2D eigenvalue weighted by molar-refractivity contribution is 9.10. The van der Waals surface area contributed by atoms with Crippen LogP contribution in [0.1, 0.15) is 44.6 Å². The third-order valence-corrected chi connectivity index (χ3v) is 8.45. The molecule has 1 saturated carbocycles. The van der Waals surface area contributed by atoms with Crippen molar-refractivity contribution in [2.75, 3.05) is 17.1 Å². The van der Waals surface area contributed by atoms with Gasteiger partial charge in [-0.25, -0.2) is 8.42 Å². The summed E-state index contributed by atoms with van der Waals surface area (Å²) in [5.74, 6) is -0.801. The third kappa shape index (κ3) is 7.84. The summed E-state index contributed by atoms with van der Waals surface area (Å²) < 4.78 is 27.2. The molecule has 36 heavy (non-hydrogen) atoms. The molecule has 2 aromatic rings. The molecular weight excluding hydrogens is 589 g/mol. The quantitative estimate of drug-likeness (QED) is 0.408. The molecule has 1 fully saturated rings. The topological polar surface area (TPSA) is 86.8 Å². The zero-order valence-electron chi connectivity index (χ0n) is 20.2. The van der Waals surface area contributed by atoms with Crippen molar-refractivity contribution in [1.82, 2.24) is 10.2 Å². The molecule has 1 atom stereocenters. The average Bonchev–Trinajstić information content (AvgIpc) is 2.83. The summed E-state index contributed by atoms with van der Waals surface area (Å²) >= 11 is 15.8. The van der Waals surface area contributed by atoms with Crippen LogP contribution in [0, 0.1) is 0 Å². The normalized spacial score (nSPS) is 15.2. The van der Waals surface area contributed by atoms with Crippen molar-refractivity contribution >= 4 is 66.7 Å². The maximum absolute atomic E-state index is 13.6. The summed E-state index contributed by atoms with van der Waals surface area (Å²) in [4.78, 5) is 28.2. The van der Waals surface area contributed by atoms with Crippen LogP contribution in [0.25, 0.3) is 0 Å². The van der Waals surface area contributed by atoms with E-state index in [1.54, 1.807) is 6.92 Å². The van der Waals surface area contributed by atoms with Crippen LogP contribution in [-0.4, -0.2) is 50.0 Å². The van der Waals surface area contributed by atoms with Crippen LogP contribution in [0.3, 0.4) is 0 Å². The van der Waals surface area contributed by atoms with Gasteiger partial charge in [0.1, 0.15) is 12.6 Å². The Morgan fingerprint density at radius 3 is 2.33 bits per heavy atom. The van der Waals surface area contributed by atoms with Gasteiger partial charge in [0, 0.05) is 22.1 Å². The van der Waals surface area contributed by atoms with E-state index < -0.39 is 28.5 Å². The minimum Gasteiger partial charge on any atom is -0.352 e. The van der Waals surface area contributed by atoms with Crippen LogP contribution in [0.4, 0.5) is 5.69 Å². The number of anilines is 1. The summed E-state index contributed by atoms with van der Waals surface area (Å²) in [5, 5.41) is 3.49. The molecule has 0 spiro atoms. The first-order chi connectivity index (χ1) is 17.0. The molecule has 1 N–H and O–H groups in total. The minimum absolute atomic E-state index is 0.0797. The molecule has 0 aliphatic heterocycles. The van der Waals surface area contributed by atoms with Gasteiger partial charge in [-0.05, 0) is 55.7 Å². The Morgan fingerprint density at radius 1 is 1.08 bits per heavy atom. The zero-order valence-corrected chi connectivity index (χ0v) is 24.1. The van der Waals surface area contributed by atoms with Gasteiger partial charge in [-0.3, -0.25) is 13.9 Å². The summed E-state index contributed by atoms with van der Waals surface area (Å²) in [5.41, 5.74) is 0.901. The summed E-state index contributed by atoms with van der Waals surface area (Å²) in [6.45, 7) is 1.26. The molecule has 3 rings (SSSR count). The molecule has 2 aromatic carbocycles. The number of hydrogen-bond acceptors (Lipinski definition) is 4. The van der Waals surface area contributed by atoms with Gasteiger partial charge in [-0.2, -0.15) is 0 Å². The Balaban J connectivity index is 1.89. The Kier molecular flexibility index (Phi) is 10.1. The van der Waals surface area contributed by atoms with Gasteiger partial charge in [0.2, 0.25) is 21.8 Å². The zero-order chi connectivity index (χ0) is 26.5. The molecule has 1 aliphatic rings. The van der Waals surface area contributed by atoms with E-state index in [4.69, 9.17) is 23.2 Å². The van der Waals surface area contributed by atoms with E-state index in [-0.39, 0.29) is 34.2 Å². The maximum Gasteiger partial charge on any atom is 0.244 e. The number of amides is 2. The van der Waals surface area contributed by atoms with E-state index in [1.165, 1.54) is 23.1 Å². The van der Waals surface area contributed by atoms with Crippen molar-refractivity contribution in [3.63, 3.8) is 0 Å². The first-order valence-electron chi connectivity index (χ1n) is 11.7. The highest BCUT2D eigenvalue weighted by Gasteiger charge is 2.31. The second-order valence-corrected chi connectivity index (χ2v) is 12.7. The van der Waals surface area contributed by atoms with Gasteiger partial charge in [-0.1, -0.05) is 70.5 Å². The molecule has 2 amide bonds. The molecule has 196 valence electrons. The van der Waals surface area contributed by atoms with Crippen LogP contribution in [0.5, 0.6) is 0 Å². The summed E-state index contributed by atoms with van der Waals surface area (Å²) in [6, 6.07) is 11.1. The van der Waals surface area contributed by atoms with Crippen LogP contribution in [0.15, 0.2) is 46.9 Å². The third-order valence-electron chi connectivity index (χ3n) is 6.24. The molecule has 0 radical (unpaired) electrons. The van der Waals surface area contributed by atoms with Crippen molar-refractivity contribution < 1.29 is 18.0 Å². The fraction of sp³-hybridized carbons (Fsp3) is 0.440. The van der Waals surface area contributed by atoms with E-state index in [1.807, 2.05) is 24.3 Å². The Hall–Kier alpha value is -1.81. The Bertz CT molecular complexity index is 1190. The van der Waals surface area contributed by atoms with Gasteiger partial charge < -0.3 is 10.2 Å². The van der Waals surface area contributed by atoms with E-state index in [9.17, 15) is 18.0 Å². The predicted octanol–water partition coefficient (Wildman–Crippen LogP) is 5.39. The van der Waals surface area contributed by atoms with Crippen molar-refractivity contribution in [1.29, 1.82) is 0 Å². The highest BCUT2D eigenvalue weighted by Crippen LogP contribution is 2.31. The number of benzene rings is 2. The lowest BCUT2D eigenvalue weighted by Crippen LogP contribution is -2.53. The molecule has 0 saturated heterocycles. The first kappa shape index (κ1) is 28.8. The second kappa shape index (κ2) is 12.6. The number of carbonyl (C=O) groups is 2. The number of nitrogens with zero attached hydrogens (tertiary/aromatic N) is 2. The molecule has 0 aromatic heterocycles. The molecular formula is C25H30BrCl2N3O4S. The predicted molar refractivity (Wildman–Crippen MR) is 148 cm³/mol. The van der Waals surface area contributed by atoms with Crippen LogP contribution in [-0.2, 0) is 26.2 Å². The molecule has 11 heteroatoms. The Morgan fingerprint density at radius 2 is 1.72 bits per heavy atom. The monoisotopic (exact) mass is 617 g/mol. The number of hydrogen-bond donors (Lipinski definition) is 1. The number of carbonyl (C=O) groups excluding carboxylic acids is 2. The van der Waals surface area contributed by atoms with Gasteiger partial charge in [-0.15, -0.1) is 0 Å². The van der Waals surface area contributed by atoms with E-state index >= 15 is 0 Å². The van der Waals surface area contributed by atoms with Crippen molar-refractivity contribution in [2.24, 2.45) is 0 Å². The summed E-state index contributed by atoms with van der Waals surface area (Å²) in [7, 11) is -3.90. The molecule has 0 bridgehead atoms. The smallest absolute Gasteiger partial charge is 0.244 e. The minimum atomic E-state index is -3.90. The van der Waals surface area contributed by atoms with Gasteiger partial charge in [0.25, 0.3) is 0 Å². The first-order valence-corrected chi connectivity index (χ1v) is 15.1. The number of nitrogens with one attached hydrogen (secondary N) is 1. The number of sulfonamides is 1. The fourth-order valence-corrected chi connectivity index (χ4v) is 5.76. The summed E-state index contributed by atoms with van der Waals surface area (Å²) in [6.07, 6.45) is 6.09. The lowest BCUT2D eigenvalue weighted by molar-refractivity contribution is -0.139. The molecule has 7 nitrogen and oxygen atoms in total. The van der Waals surface area contributed by atoms with Crippen LogP contribution >= 0.6 is 39.1 Å². The molecule has 1 aliphatic carbocycles. The van der Waals surface area contributed by atoms with Crippen molar-refractivity contribution in [3.8, 4) is 0 Å². The van der Waals surface area contributed by atoms with Crippen LogP contribution in [0.2, 0.25) is 10.0 Å². The lowest BCUT2D eigenvalue weighted by atomic mass is 9.95. The average molecular weight is 619 g/mol. The maximum atomic E-state index is 13.6. The second-order valence-electron chi connectivity index (χ2n) is 9.03. The van der Waals surface area contributed by atoms with Crippen molar-refractivity contribution in [2.45, 2.75) is 57.7 Å². The Labute approximate surface area is 231 Å². The largest absolute Gasteiger partial charge is 0.352 e. The SMILES string of the molecule is C[C@H](C(=O)NC1CCCCC1)N(Cc1ccc(Br)cc1)C(=O)CN(c1cc(Cl)ccc1Cl)S(C)(=O)=O. The molecule has 0 unspecified atom stereocenters. The standard InChI is InChI=1S/C25H30BrCl2N3O4S/c1-17(25(33)29-21-6-4-3-5-7-21)30(15-18-8-10-19(26)11-9-18)24(32)16-31(36(2,34)35)23-14-20(27)12-13-22(23)28/h8-14,17,21H,3-7,15-16H2,1-2H3,(H,29,33)/t17-/m1/s1. The van der Waals surface area contributed by atoms with Gasteiger partial charge in [0.15, 0.2) is 0 Å². The number of halogens is 3. The highest BCUT2D eigenvalue weighted by atomic mass is 79.9. The number of rotatable bonds is 9. The van der Waals surface area contributed by atoms with E-state index in [2.05, 4.69) is 21.2 Å². The van der Waals surface area contributed by atoms with E-state index in [0.717, 1.165) is 52.7 Å². The fourth-order valence-electron chi connectivity index (χ4n) is 4.21.